The molecule has 0 bridgehead atoms. The van der Waals surface area contributed by atoms with Crippen LogP contribution < -0.4 is 10.1 Å². The fourth-order valence-electron chi connectivity index (χ4n) is 3.71. The van der Waals surface area contributed by atoms with Gasteiger partial charge in [0.25, 0.3) is 0 Å². The molecule has 1 N–H and O–H groups in total. The molecule has 2 atom stereocenters. The molecule has 2 unspecified atom stereocenters. The van der Waals surface area contributed by atoms with Crippen molar-refractivity contribution >= 4 is 0 Å². The molecule has 0 aromatic heterocycles. The molecule has 0 amide bonds. The lowest BCUT2D eigenvalue weighted by atomic mass is 9.66. The van der Waals surface area contributed by atoms with Gasteiger partial charge in [-0.05, 0) is 75.1 Å². The quantitative estimate of drug-likeness (QED) is 0.746. The normalized spacial score (nSPS) is 24.7. The zero-order chi connectivity index (χ0) is 15.1. The van der Waals surface area contributed by atoms with Crippen LogP contribution >= 0.6 is 0 Å². The van der Waals surface area contributed by atoms with E-state index in [1.165, 1.54) is 32.2 Å². The van der Waals surface area contributed by atoms with E-state index in [4.69, 9.17) is 4.74 Å². The summed E-state index contributed by atoms with van der Waals surface area (Å²) in [5.74, 6) is 2.69. The highest BCUT2D eigenvalue weighted by molar-refractivity contribution is 5.20. The minimum absolute atomic E-state index is 0.523. The lowest BCUT2D eigenvalue weighted by Crippen LogP contribution is -2.35. The average molecular weight is 289 g/mol. The molecule has 0 heterocycles. The molecule has 0 radical (unpaired) electrons. The van der Waals surface area contributed by atoms with E-state index in [9.17, 15) is 0 Å². The van der Waals surface area contributed by atoms with Crippen molar-refractivity contribution in [1.82, 2.24) is 5.32 Å². The van der Waals surface area contributed by atoms with Crippen LogP contribution in [0, 0.1) is 17.3 Å². The number of hydrogen-bond acceptors (Lipinski definition) is 2. The Morgan fingerprint density at radius 3 is 2.67 bits per heavy atom. The number of hydrogen-bond donors (Lipinski definition) is 1. The molecule has 0 saturated heterocycles. The lowest BCUT2D eigenvalue weighted by Gasteiger charge is -2.41. The van der Waals surface area contributed by atoms with Crippen LogP contribution in [0.15, 0.2) is 30.3 Å². The summed E-state index contributed by atoms with van der Waals surface area (Å²) in [5, 5.41) is 3.38. The Labute approximate surface area is 130 Å². The van der Waals surface area contributed by atoms with E-state index in [1.807, 2.05) is 30.3 Å². The van der Waals surface area contributed by atoms with Crippen molar-refractivity contribution < 1.29 is 4.74 Å². The first-order chi connectivity index (χ1) is 10.1. The number of para-hydroxylation sites is 1. The summed E-state index contributed by atoms with van der Waals surface area (Å²) in [7, 11) is 2.08. The average Bonchev–Trinajstić information content (AvgIpc) is 2.47. The van der Waals surface area contributed by atoms with Crippen molar-refractivity contribution in [2.24, 2.45) is 17.3 Å². The largest absolute Gasteiger partial charge is 0.494 e. The summed E-state index contributed by atoms with van der Waals surface area (Å²) < 4.78 is 5.83. The first kappa shape index (κ1) is 16.4. The standard InChI is InChI=1S/C19H31NO/c1-19(2)12-11-17(15-20-3)16(14-19)8-7-13-21-18-9-5-4-6-10-18/h4-6,9-10,16-17,20H,7-8,11-15H2,1-3H3. The third-order valence-electron chi connectivity index (χ3n) is 4.87. The molecule has 21 heavy (non-hydrogen) atoms. The van der Waals surface area contributed by atoms with Crippen LogP contribution in [0.1, 0.15) is 46.0 Å². The molecule has 1 aromatic carbocycles. The van der Waals surface area contributed by atoms with Gasteiger partial charge in [0, 0.05) is 0 Å². The molecule has 2 heteroatoms. The molecule has 1 aliphatic carbocycles. The first-order valence-corrected chi connectivity index (χ1v) is 8.43. The zero-order valence-corrected chi connectivity index (χ0v) is 13.9. The Hall–Kier alpha value is -1.02. The maximum Gasteiger partial charge on any atom is 0.119 e. The van der Waals surface area contributed by atoms with Gasteiger partial charge in [0.2, 0.25) is 0 Å². The minimum Gasteiger partial charge on any atom is -0.494 e. The van der Waals surface area contributed by atoms with Crippen molar-refractivity contribution in [3.05, 3.63) is 30.3 Å². The van der Waals surface area contributed by atoms with Crippen LogP contribution in [0.25, 0.3) is 0 Å². The number of ether oxygens (including phenoxy) is 1. The Kier molecular flexibility index (Phi) is 6.10. The van der Waals surface area contributed by atoms with E-state index < -0.39 is 0 Å². The summed E-state index contributed by atoms with van der Waals surface area (Å²) in [6.07, 6.45) is 6.57. The van der Waals surface area contributed by atoms with E-state index in [0.717, 1.165) is 30.6 Å². The molecular weight excluding hydrogens is 258 g/mol. The molecule has 1 aromatic rings. The predicted octanol–water partition coefficient (Wildman–Crippen LogP) is 4.51. The minimum atomic E-state index is 0.523. The summed E-state index contributed by atoms with van der Waals surface area (Å²) in [6.45, 7) is 6.86. The molecule has 1 saturated carbocycles. The van der Waals surface area contributed by atoms with Gasteiger partial charge in [-0.3, -0.25) is 0 Å². The van der Waals surface area contributed by atoms with Crippen molar-refractivity contribution in [2.75, 3.05) is 20.2 Å². The SMILES string of the molecule is CNCC1CCC(C)(C)CC1CCCOc1ccccc1. The highest BCUT2D eigenvalue weighted by Crippen LogP contribution is 2.43. The lowest BCUT2D eigenvalue weighted by molar-refractivity contribution is 0.105. The third-order valence-corrected chi connectivity index (χ3v) is 4.87. The smallest absolute Gasteiger partial charge is 0.119 e. The first-order valence-electron chi connectivity index (χ1n) is 8.43. The fraction of sp³-hybridized carbons (Fsp3) is 0.684. The Balaban J connectivity index is 1.76. The van der Waals surface area contributed by atoms with Crippen LogP contribution in [-0.2, 0) is 0 Å². The van der Waals surface area contributed by atoms with E-state index in [0.29, 0.717) is 5.41 Å². The Morgan fingerprint density at radius 1 is 1.19 bits per heavy atom. The summed E-state index contributed by atoms with van der Waals surface area (Å²) in [4.78, 5) is 0. The van der Waals surface area contributed by atoms with Crippen molar-refractivity contribution in [3.8, 4) is 5.75 Å². The maximum atomic E-state index is 5.83. The summed E-state index contributed by atoms with van der Waals surface area (Å²) in [5.41, 5.74) is 0.523. The van der Waals surface area contributed by atoms with Crippen molar-refractivity contribution in [3.63, 3.8) is 0 Å². The van der Waals surface area contributed by atoms with Crippen LogP contribution in [-0.4, -0.2) is 20.2 Å². The molecule has 118 valence electrons. The van der Waals surface area contributed by atoms with Crippen LogP contribution in [0.5, 0.6) is 5.75 Å². The monoisotopic (exact) mass is 289 g/mol. The summed E-state index contributed by atoms with van der Waals surface area (Å²) >= 11 is 0. The van der Waals surface area contributed by atoms with E-state index in [2.05, 4.69) is 26.2 Å². The number of nitrogens with one attached hydrogen (secondary N) is 1. The molecular formula is C19H31NO. The molecule has 1 aliphatic rings. The van der Waals surface area contributed by atoms with Crippen molar-refractivity contribution in [2.45, 2.75) is 46.0 Å². The van der Waals surface area contributed by atoms with E-state index in [-0.39, 0.29) is 0 Å². The van der Waals surface area contributed by atoms with Gasteiger partial charge in [0.15, 0.2) is 0 Å². The van der Waals surface area contributed by atoms with E-state index in [1.54, 1.807) is 0 Å². The van der Waals surface area contributed by atoms with Gasteiger partial charge in [0.1, 0.15) is 5.75 Å². The summed E-state index contributed by atoms with van der Waals surface area (Å²) in [6, 6.07) is 10.2. The molecule has 2 nitrogen and oxygen atoms in total. The molecule has 0 spiro atoms. The molecule has 0 aliphatic heterocycles. The van der Waals surface area contributed by atoms with Gasteiger partial charge >= 0.3 is 0 Å². The van der Waals surface area contributed by atoms with E-state index >= 15 is 0 Å². The van der Waals surface area contributed by atoms with Crippen molar-refractivity contribution in [1.29, 1.82) is 0 Å². The van der Waals surface area contributed by atoms with Gasteiger partial charge in [-0.2, -0.15) is 0 Å². The van der Waals surface area contributed by atoms with Gasteiger partial charge in [0.05, 0.1) is 6.61 Å². The second-order valence-electron chi connectivity index (χ2n) is 7.29. The van der Waals surface area contributed by atoms with Crippen LogP contribution in [0.4, 0.5) is 0 Å². The highest BCUT2D eigenvalue weighted by Gasteiger charge is 2.33. The van der Waals surface area contributed by atoms with Crippen LogP contribution in [0.3, 0.4) is 0 Å². The number of benzene rings is 1. The number of rotatable bonds is 7. The third kappa shape index (κ3) is 5.35. The Bertz CT molecular complexity index is 401. The van der Waals surface area contributed by atoms with Gasteiger partial charge in [-0.1, -0.05) is 32.0 Å². The second kappa shape index (κ2) is 7.84. The second-order valence-corrected chi connectivity index (χ2v) is 7.29. The predicted molar refractivity (Wildman–Crippen MR) is 89.7 cm³/mol. The van der Waals surface area contributed by atoms with Crippen LogP contribution in [0.2, 0.25) is 0 Å². The highest BCUT2D eigenvalue weighted by atomic mass is 16.5. The molecule has 1 fully saturated rings. The van der Waals surface area contributed by atoms with Gasteiger partial charge < -0.3 is 10.1 Å². The molecule has 2 rings (SSSR count). The zero-order valence-electron chi connectivity index (χ0n) is 13.9. The van der Waals surface area contributed by atoms with Gasteiger partial charge in [-0.25, -0.2) is 0 Å². The fourth-order valence-corrected chi connectivity index (χ4v) is 3.71. The topological polar surface area (TPSA) is 21.3 Å². The Morgan fingerprint density at radius 2 is 1.95 bits per heavy atom. The maximum absolute atomic E-state index is 5.83. The van der Waals surface area contributed by atoms with Gasteiger partial charge in [-0.15, -0.1) is 0 Å².